The number of phenolic OH excluding ortho intramolecular Hbond substituents is 1. The summed E-state index contributed by atoms with van der Waals surface area (Å²) in [5, 5.41) is 16.9. The molecule has 0 aromatic heterocycles. The summed E-state index contributed by atoms with van der Waals surface area (Å²) in [6.45, 7) is 0. The molecule has 0 heterocycles. The zero-order chi connectivity index (χ0) is 12.8. The normalized spacial score (nSPS) is 11.9. The SMILES string of the molecule is NC(=NN=Cc1ccc(O)cc1)c1ccccc1. The van der Waals surface area contributed by atoms with Crippen LogP contribution in [0.4, 0.5) is 0 Å². The lowest BCUT2D eigenvalue weighted by Crippen LogP contribution is -2.12. The molecule has 0 unspecified atom stereocenters. The second-order valence-corrected chi connectivity index (χ2v) is 3.69. The summed E-state index contributed by atoms with van der Waals surface area (Å²) < 4.78 is 0. The lowest BCUT2D eigenvalue weighted by atomic mass is 10.2. The maximum Gasteiger partial charge on any atom is 0.153 e. The van der Waals surface area contributed by atoms with Crippen molar-refractivity contribution < 1.29 is 5.11 Å². The van der Waals surface area contributed by atoms with Crippen molar-refractivity contribution in [3.63, 3.8) is 0 Å². The second kappa shape index (κ2) is 5.63. The fourth-order valence-corrected chi connectivity index (χ4v) is 1.38. The molecule has 0 aliphatic carbocycles. The van der Waals surface area contributed by atoms with Gasteiger partial charge in [-0.3, -0.25) is 0 Å². The minimum Gasteiger partial charge on any atom is -0.508 e. The maximum absolute atomic E-state index is 9.13. The zero-order valence-electron chi connectivity index (χ0n) is 9.69. The van der Waals surface area contributed by atoms with Crippen LogP contribution < -0.4 is 5.73 Å². The monoisotopic (exact) mass is 239 g/mol. The molecule has 0 aliphatic heterocycles. The summed E-state index contributed by atoms with van der Waals surface area (Å²) in [5.74, 6) is 0.588. The highest BCUT2D eigenvalue weighted by Gasteiger charge is 1.94. The maximum atomic E-state index is 9.13. The fourth-order valence-electron chi connectivity index (χ4n) is 1.38. The van der Waals surface area contributed by atoms with Gasteiger partial charge in [0.2, 0.25) is 0 Å². The van der Waals surface area contributed by atoms with Gasteiger partial charge < -0.3 is 10.8 Å². The third kappa shape index (κ3) is 3.18. The molecular weight excluding hydrogens is 226 g/mol. The van der Waals surface area contributed by atoms with Gasteiger partial charge in [-0.15, -0.1) is 5.10 Å². The lowest BCUT2D eigenvalue weighted by Gasteiger charge is -1.96. The van der Waals surface area contributed by atoms with E-state index in [4.69, 9.17) is 10.8 Å². The van der Waals surface area contributed by atoms with Gasteiger partial charge in [-0.2, -0.15) is 5.10 Å². The number of hydrogen-bond donors (Lipinski definition) is 2. The van der Waals surface area contributed by atoms with Gasteiger partial charge in [0.25, 0.3) is 0 Å². The summed E-state index contributed by atoms with van der Waals surface area (Å²) in [4.78, 5) is 0. The molecule has 0 saturated carbocycles. The standard InChI is InChI=1S/C14H13N3O/c15-14(12-4-2-1-3-5-12)17-16-10-11-6-8-13(18)9-7-11/h1-10,18H,(H2,15,17). The van der Waals surface area contributed by atoms with Gasteiger partial charge in [0.1, 0.15) is 5.75 Å². The van der Waals surface area contributed by atoms with Crippen LogP contribution in [-0.2, 0) is 0 Å². The Balaban J connectivity index is 2.08. The molecule has 0 saturated heterocycles. The van der Waals surface area contributed by atoms with Crippen molar-refractivity contribution in [2.75, 3.05) is 0 Å². The van der Waals surface area contributed by atoms with Crippen LogP contribution in [0.15, 0.2) is 64.8 Å². The molecule has 0 spiro atoms. The minimum absolute atomic E-state index is 0.222. The number of nitrogens with two attached hydrogens (primary N) is 1. The molecule has 3 N–H and O–H groups in total. The molecule has 0 bridgehead atoms. The molecule has 0 radical (unpaired) electrons. The predicted molar refractivity (Wildman–Crippen MR) is 72.9 cm³/mol. The molecule has 90 valence electrons. The highest BCUT2D eigenvalue weighted by Crippen LogP contribution is 2.07. The summed E-state index contributed by atoms with van der Waals surface area (Å²) in [7, 11) is 0. The average Bonchev–Trinajstić information content (AvgIpc) is 2.42. The van der Waals surface area contributed by atoms with Gasteiger partial charge >= 0.3 is 0 Å². The topological polar surface area (TPSA) is 71.0 Å². The van der Waals surface area contributed by atoms with Crippen LogP contribution in [-0.4, -0.2) is 17.2 Å². The van der Waals surface area contributed by atoms with Crippen molar-refractivity contribution in [1.29, 1.82) is 0 Å². The van der Waals surface area contributed by atoms with Crippen LogP contribution in [0.2, 0.25) is 0 Å². The Hall–Kier alpha value is -2.62. The van der Waals surface area contributed by atoms with Crippen LogP contribution in [0.1, 0.15) is 11.1 Å². The van der Waals surface area contributed by atoms with Crippen LogP contribution in [0.25, 0.3) is 0 Å². The van der Waals surface area contributed by atoms with E-state index < -0.39 is 0 Å². The van der Waals surface area contributed by atoms with Crippen molar-refractivity contribution >= 4 is 12.1 Å². The van der Waals surface area contributed by atoms with E-state index in [1.165, 1.54) is 0 Å². The molecule has 2 rings (SSSR count). The number of phenols is 1. The van der Waals surface area contributed by atoms with Crippen LogP contribution in [0, 0.1) is 0 Å². The first kappa shape index (κ1) is 11.9. The molecule has 0 amide bonds. The molecule has 2 aromatic carbocycles. The second-order valence-electron chi connectivity index (χ2n) is 3.69. The first-order valence-electron chi connectivity index (χ1n) is 5.46. The summed E-state index contributed by atoms with van der Waals surface area (Å²) in [6, 6.07) is 16.1. The van der Waals surface area contributed by atoms with E-state index in [0.29, 0.717) is 5.84 Å². The highest BCUT2D eigenvalue weighted by atomic mass is 16.3. The van der Waals surface area contributed by atoms with E-state index in [-0.39, 0.29) is 5.75 Å². The fraction of sp³-hybridized carbons (Fsp3) is 0. The molecule has 0 atom stereocenters. The molecule has 4 heteroatoms. The van der Waals surface area contributed by atoms with Gasteiger partial charge in [0.05, 0.1) is 6.21 Å². The number of benzene rings is 2. The van der Waals surface area contributed by atoms with E-state index in [9.17, 15) is 0 Å². The van der Waals surface area contributed by atoms with Gasteiger partial charge in [-0.05, 0) is 29.8 Å². The quantitative estimate of drug-likeness (QED) is 0.489. The number of amidine groups is 1. The van der Waals surface area contributed by atoms with E-state index in [0.717, 1.165) is 11.1 Å². The van der Waals surface area contributed by atoms with E-state index in [1.54, 1.807) is 30.5 Å². The lowest BCUT2D eigenvalue weighted by molar-refractivity contribution is 0.475. The third-order valence-electron chi connectivity index (χ3n) is 2.33. The Bertz CT molecular complexity index is 559. The minimum atomic E-state index is 0.222. The van der Waals surface area contributed by atoms with E-state index >= 15 is 0 Å². The first-order chi connectivity index (χ1) is 8.75. The van der Waals surface area contributed by atoms with Crippen molar-refractivity contribution in [2.24, 2.45) is 15.9 Å². The van der Waals surface area contributed by atoms with E-state index in [2.05, 4.69) is 10.2 Å². The summed E-state index contributed by atoms with van der Waals surface area (Å²) >= 11 is 0. The van der Waals surface area contributed by atoms with Crippen LogP contribution in [0.3, 0.4) is 0 Å². The van der Waals surface area contributed by atoms with Crippen molar-refractivity contribution in [3.8, 4) is 5.75 Å². The Morgan fingerprint density at radius 2 is 1.67 bits per heavy atom. The molecular formula is C14H13N3O. The van der Waals surface area contributed by atoms with Crippen molar-refractivity contribution in [2.45, 2.75) is 0 Å². The first-order valence-corrected chi connectivity index (χ1v) is 5.46. The Kier molecular flexibility index (Phi) is 3.71. The zero-order valence-corrected chi connectivity index (χ0v) is 9.69. The molecule has 0 aliphatic rings. The van der Waals surface area contributed by atoms with Crippen molar-refractivity contribution in [1.82, 2.24) is 0 Å². The smallest absolute Gasteiger partial charge is 0.153 e. The molecule has 0 fully saturated rings. The number of hydrogen-bond acceptors (Lipinski definition) is 3. The number of rotatable bonds is 3. The van der Waals surface area contributed by atoms with E-state index in [1.807, 2.05) is 30.3 Å². The Morgan fingerprint density at radius 1 is 1.00 bits per heavy atom. The number of aromatic hydroxyl groups is 1. The molecule has 4 nitrogen and oxygen atoms in total. The Labute approximate surface area is 105 Å². The number of nitrogens with zero attached hydrogens (tertiary/aromatic N) is 2. The van der Waals surface area contributed by atoms with Gasteiger partial charge in [0.15, 0.2) is 5.84 Å². The third-order valence-corrected chi connectivity index (χ3v) is 2.33. The molecule has 2 aromatic rings. The summed E-state index contributed by atoms with van der Waals surface area (Å²) in [5.41, 5.74) is 7.46. The highest BCUT2D eigenvalue weighted by molar-refractivity contribution is 5.97. The summed E-state index contributed by atoms with van der Waals surface area (Å²) in [6.07, 6.45) is 1.58. The predicted octanol–water partition coefficient (Wildman–Crippen LogP) is 2.13. The van der Waals surface area contributed by atoms with Crippen LogP contribution >= 0.6 is 0 Å². The Morgan fingerprint density at radius 3 is 2.33 bits per heavy atom. The van der Waals surface area contributed by atoms with Gasteiger partial charge in [-0.1, -0.05) is 30.3 Å². The van der Waals surface area contributed by atoms with Crippen LogP contribution in [0.5, 0.6) is 5.75 Å². The van der Waals surface area contributed by atoms with Crippen molar-refractivity contribution in [3.05, 3.63) is 65.7 Å². The average molecular weight is 239 g/mol. The molecule has 18 heavy (non-hydrogen) atoms. The van der Waals surface area contributed by atoms with Gasteiger partial charge in [0, 0.05) is 5.56 Å². The van der Waals surface area contributed by atoms with Gasteiger partial charge in [-0.25, -0.2) is 0 Å². The largest absolute Gasteiger partial charge is 0.508 e.